The lowest BCUT2D eigenvalue weighted by molar-refractivity contribution is 1.59. The zero-order chi connectivity index (χ0) is 17.6. The average Bonchev–Trinajstić information content (AvgIpc) is 3.40. The zero-order valence-corrected chi connectivity index (χ0v) is 14.1. The zero-order valence-electron chi connectivity index (χ0n) is 14.1. The third-order valence-corrected chi connectivity index (χ3v) is 4.06. The lowest BCUT2D eigenvalue weighted by Crippen LogP contribution is -1.80. The van der Waals surface area contributed by atoms with Crippen LogP contribution in [0.1, 0.15) is 22.3 Å². The molecule has 0 amide bonds. The molecular formula is C26H14. The molecule has 0 radical (unpaired) electrons. The summed E-state index contributed by atoms with van der Waals surface area (Å²) in [5.74, 6) is 12.0. The van der Waals surface area contributed by atoms with E-state index in [4.69, 9.17) is 0 Å². The van der Waals surface area contributed by atoms with Crippen LogP contribution in [0.25, 0.3) is 11.1 Å². The maximum absolute atomic E-state index is 3.20. The summed E-state index contributed by atoms with van der Waals surface area (Å²) >= 11 is 0. The van der Waals surface area contributed by atoms with Crippen LogP contribution in [0.4, 0.5) is 0 Å². The second kappa shape index (κ2) is 7.32. The first-order valence-corrected chi connectivity index (χ1v) is 8.38. The van der Waals surface area contributed by atoms with Crippen molar-refractivity contribution in [3.05, 3.63) is 119 Å². The Hall–Kier alpha value is -3.92. The molecule has 0 aromatic heterocycles. The second-order valence-electron chi connectivity index (χ2n) is 5.82. The lowest BCUT2D eigenvalue weighted by atomic mass is 10.1. The van der Waals surface area contributed by atoms with Gasteiger partial charge in [0.25, 0.3) is 0 Å². The summed E-state index contributed by atoms with van der Waals surface area (Å²) < 4.78 is 0. The first-order chi connectivity index (χ1) is 12.9. The fourth-order valence-electron chi connectivity index (χ4n) is 2.69. The molecule has 0 bridgehead atoms. The molecule has 2 aromatic rings. The molecule has 2 aliphatic carbocycles. The van der Waals surface area contributed by atoms with E-state index >= 15 is 0 Å². The van der Waals surface area contributed by atoms with E-state index in [2.05, 4.69) is 59.4 Å². The van der Waals surface area contributed by atoms with E-state index in [0.29, 0.717) is 0 Å². The van der Waals surface area contributed by atoms with E-state index in [9.17, 15) is 0 Å². The van der Waals surface area contributed by atoms with E-state index in [-0.39, 0.29) is 0 Å². The first-order valence-electron chi connectivity index (χ1n) is 8.38. The Morgan fingerprint density at radius 1 is 0.538 bits per heavy atom. The highest BCUT2D eigenvalue weighted by Gasteiger charge is 1.99. The van der Waals surface area contributed by atoms with Crippen LogP contribution < -0.4 is 0 Å². The molecule has 26 heavy (non-hydrogen) atoms. The number of benzene rings is 2. The Morgan fingerprint density at radius 3 is 1.31 bits per heavy atom. The van der Waals surface area contributed by atoms with Gasteiger partial charge in [0, 0.05) is 22.3 Å². The molecule has 0 spiro atoms. The summed E-state index contributed by atoms with van der Waals surface area (Å²) in [6.07, 6.45) is 11.9. The van der Waals surface area contributed by atoms with E-state index in [1.165, 1.54) is 0 Å². The quantitative estimate of drug-likeness (QED) is 0.518. The van der Waals surface area contributed by atoms with Crippen molar-refractivity contribution in [2.45, 2.75) is 0 Å². The van der Waals surface area contributed by atoms with Gasteiger partial charge in [0.15, 0.2) is 0 Å². The monoisotopic (exact) mass is 326 g/mol. The van der Waals surface area contributed by atoms with Crippen molar-refractivity contribution in [3.8, 4) is 23.7 Å². The molecule has 0 atom stereocenters. The second-order valence-corrected chi connectivity index (χ2v) is 5.82. The van der Waals surface area contributed by atoms with Gasteiger partial charge in [-0.1, -0.05) is 48.3 Å². The molecule has 0 heterocycles. The van der Waals surface area contributed by atoms with E-state index in [1.807, 2.05) is 60.7 Å². The predicted molar refractivity (Wildman–Crippen MR) is 108 cm³/mol. The van der Waals surface area contributed by atoms with Crippen LogP contribution in [0.3, 0.4) is 0 Å². The fraction of sp³-hybridized carbons (Fsp3) is 0. The van der Waals surface area contributed by atoms with Crippen molar-refractivity contribution in [3.63, 3.8) is 0 Å². The fourth-order valence-corrected chi connectivity index (χ4v) is 2.69. The van der Waals surface area contributed by atoms with Crippen molar-refractivity contribution in [2.75, 3.05) is 0 Å². The molecule has 118 valence electrons. The number of rotatable bonds is 2. The van der Waals surface area contributed by atoms with E-state index in [0.717, 1.165) is 33.4 Å². The Kier molecular flexibility index (Phi) is 4.39. The minimum atomic E-state index is 0.955. The first kappa shape index (κ1) is 15.6. The Bertz CT molecular complexity index is 1060. The van der Waals surface area contributed by atoms with Gasteiger partial charge in [-0.05, 0) is 71.5 Å². The molecule has 0 saturated heterocycles. The van der Waals surface area contributed by atoms with Gasteiger partial charge in [-0.2, -0.15) is 0 Å². The smallest absolute Gasteiger partial charge is 0.0256 e. The van der Waals surface area contributed by atoms with Gasteiger partial charge in [-0.25, -0.2) is 0 Å². The van der Waals surface area contributed by atoms with Crippen molar-refractivity contribution in [1.29, 1.82) is 0 Å². The van der Waals surface area contributed by atoms with Crippen molar-refractivity contribution < 1.29 is 0 Å². The summed E-state index contributed by atoms with van der Waals surface area (Å²) in [4.78, 5) is 0. The van der Waals surface area contributed by atoms with E-state index < -0.39 is 0 Å². The normalized spacial score (nSPS) is 12.9. The van der Waals surface area contributed by atoms with Crippen LogP contribution in [-0.4, -0.2) is 0 Å². The van der Waals surface area contributed by atoms with Crippen LogP contribution >= 0.6 is 0 Å². The molecule has 0 nitrogen and oxygen atoms in total. The molecule has 0 N–H and O–H groups in total. The largest absolute Gasteiger partial charge is 0.112 e. The third kappa shape index (κ3) is 3.60. The van der Waals surface area contributed by atoms with Crippen LogP contribution in [0.5, 0.6) is 0 Å². The number of hydrogen-bond acceptors (Lipinski definition) is 0. The van der Waals surface area contributed by atoms with E-state index in [1.54, 1.807) is 0 Å². The van der Waals surface area contributed by atoms with Crippen LogP contribution in [0.2, 0.25) is 0 Å². The number of allylic oxidation sites excluding steroid dienone is 6. The highest BCUT2D eigenvalue weighted by Crippen LogP contribution is 2.18. The molecule has 0 fully saturated rings. The summed E-state index contributed by atoms with van der Waals surface area (Å²) in [6.45, 7) is 0. The molecule has 4 rings (SSSR count). The molecule has 0 unspecified atom stereocenters. The minimum Gasteiger partial charge on any atom is -0.112 e. The van der Waals surface area contributed by atoms with Gasteiger partial charge < -0.3 is 0 Å². The highest BCUT2D eigenvalue weighted by atomic mass is 14.0. The SMILES string of the molecule is C1=CC=CC=1c1ccc(C#CC#Cc2ccc(C3=C=CC=C3)cc2)cc1. The van der Waals surface area contributed by atoms with Crippen LogP contribution in [0.15, 0.2) is 96.4 Å². The summed E-state index contributed by atoms with van der Waals surface area (Å²) in [7, 11) is 0. The topological polar surface area (TPSA) is 0 Å². The molecule has 2 aromatic carbocycles. The summed E-state index contributed by atoms with van der Waals surface area (Å²) in [5.41, 5.74) is 12.8. The minimum absolute atomic E-state index is 0.955. The van der Waals surface area contributed by atoms with Gasteiger partial charge in [-0.15, -0.1) is 11.5 Å². The van der Waals surface area contributed by atoms with Gasteiger partial charge >= 0.3 is 0 Å². The number of hydrogen-bond donors (Lipinski definition) is 0. The van der Waals surface area contributed by atoms with Gasteiger partial charge in [0.2, 0.25) is 0 Å². The average molecular weight is 326 g/mol. The predicted octanol–water partition coefficient (Wildman–Crippen LogP) is 5.31. The third-order valence-electron chi connectivity index (χ3n) is 4.06. The summed E-state index contributed by atoms with van der Waals surface area (Å²) in [6, 6.07) is 16.3. The molecular weight excluding hydrogens is 312 g/mol. The lowest BCUT2D eigenvalue weighted by Gasteiger charge is -1.98. The molecule has 0 saturated carbocycles. The Labute approximate surface area is 153 Å². The van der Waals surface area contributed by atoms with Crippen molar-refractivity contribution in [2.24, 2.45) is 0 Å². The van der Waals surface area contributed by atoms with Crippen molar-refractivity contribution in [1.82, 2.24) is 0 Å². The molecule has 2 aliphatic rings. The Morgan fingerprint density at radius 2 is 0.962 bits per heavy atom. The molecule has 0 aliphatic heterocycles. The summed E-state index contributed by atoms with van der Waals surface area (Å²) in [5, 5.41) is 0. The van der Waals surface area contributed by atoms with Crippen molar-refractivity contribution >= 4 is 11.1 Å². The Balaban J connectivity index is 1.44. The van der Waals surface area contributed by atoms with Crippen LogP contribution in [0, 0.1) is 23.7 Å². The maximum Gasteiger partial charge on any atom is 0.0256 e. The van der Waals surface area contributed by atoms with Gasteiger partial charge in [0.05, 0.1) is 0 Å². The van der Waals surface area contributed by atoms with Crippen LogP contribution in [-0.2, 0) is 0 Å². The standard InChI is InChI=1S/C26H14/c1(7-21-13-17-25(18-14-21)23-9-3-4-10-23)2-8-22-15-19-26(20-16-22)24-11-5-6-12-24/h3-6,9,11,13-20H. The maximum atomic E-state index is 3.20. The molecule has 0 heteroatoms. The van der Waals surface area contributed by atoms with Gasteiger partial charge in [-0.3, -0.25) is 0 Å². The van der Waals surface area contributed by atoms with Gasteiger partial charge in [0.1, 0.15) is 0 Å². The highest BCUT2D eigenvalue weighted by molar-refractivity contribution is 5.77.